The first kappa shape index (κ1) is 13.8. The van der Waals surface area contributed by atoms with Crippen molar-refractivity contribution in [1.82, 2.24) is 0 Å². The zero-order valence-corrected chi connectivity index (χ0v) is 11.5. The number of rotatable bonds is 4. The molecule has 0 radical (unpaired) electrons. The van der Waals surface area contributed by atoms with Gasteiger partial charge in [-0.2, -0.15) is 0 Å². The van der Waals surface area contributed by atoms with Crippen molar-refractivity contribution in [1.29, 1.82) is 0 Å². The van der Waals surface area contributed by atoms with Crippen molar-refractivity contribution in [3.8, 4) is 0 Å². The Morgan fingerprint density at radius 1 is 1.00 bits per heavy atom. The minimum atomic E-state index is -4.40. The number of aryl methyl sites for hydroxylation is 3. The molecule has 0 atom stereocenters. The molecule has 0 aliphatic rings. The highest BCUT2D eigenvalue weighted by Gasteiger charge is 2.09. The molecular weight excluding hydrogens is 260 g/mol. The van der Waals surface area contributed by atoms with Crippen LogP contribution >= 0.6 is 0 Å². The summed E-state index contributed by atoms with van der Waals surface area (Å²) in [7, 11) is -4.40. The average molecular weight is 275 g/mol. The molecule has 0 bridgehead atoms. The minimum absolute atomic E-state index is 0.103. The summed E-state index contributed by atoms with van der Waals surface area (Å²) >= 11 is 0. The normalized spacial score (nSPS) is 11.5. The largest absolute Gasteiger partial charge is 0.744 e. The van der Waals surface area contributed by atoms with Crippen LogP contribution in [0.15, 0.2) is 53.4 Å². The van der Waals surface area contributed by atoms with Crippen LogP contribution < -0.4 is 0 Å². The van der Waals surface area contributed by atoms with Crippen LogP contribution in [0.4, 0.5) is 0 Å². The van der Waals surface area contributed by atoms with Gasteiger partial charge in [0.25, 0.3) is 0 Å². The van der Waals surface area contributed by atoms with Crippen molar-refractivity contribution in [2.45, 2.75) is 24.7 Å². The Morgan fingerprint density at radius 2 is 1.68 bits per heavy atom. The fraction of sp³-hybridized carbons (Fsp3) is 0.200. The molecule has 100 valence electrons. The fourth-order valence-corrected chi connectivity index (χ4v) is 2.79. The maximum Gasteiger partial charge on any atom is 0.124 e. The first-order valence-electron chi connectivity index (χ1n) is 6.06. The van der Waals surface area contributed by atoms with E-state index in [2.05, 4.69) is 0 Å². The van der Waals surface area contributed by atoms with Crippen LogP contribution in [0.1, 0.15) is 16.7 Å². The second-order valence-electron chi connectivity index (χ2n) is 4.55. The third-order valence-electron chi connectivity index (χ3n) is 3.01. The zero-order valence-electron chi connectivity index (χ0n) is 10.7. The Balaban J connectivity index is 2.27. The number of hydrogen-bond donors (Lipinski definition) is 0. The molecule has 2 aromatic rings. The van der Waals surface area contributed by atoms with E-state index in [-0.39, 0.29) is 4.90 Å². The van der Waals surface area contributed by atoms with Gasteiger partial charge in [-0.25, -0.2) is 8.42 Å². The number of benzene rings is 2. The molecule has 0 aliphatic carbocycles. The van der Waals surface area contributed by atoms with E-state index >= 15 is 0 Å². The van der Waals surface area contributed by atoms with Gasteiger partial charge in [0.05, 0.1) is 4.90 Å². The summed E-state index contributed by atoms with van der Waals surface area (Å²) in [6.07, 6.45) is 1.26. The van der Waals surface area contributed by atoms with Crippen molar-refractivity contribution in [2.75, 3.05) is 0 Å². The summed E-state index contributed by atoms with van der Waals surface area (Å²) < 4.78 is 33.7. The van der Waals surface area contributed by atoms with Crippen LogP contribution in [-0.4, -0.2) is 13.0 Å². The van der Waals surface area contributed by atoms with Gasteiger partial charge in [-0.3, -0.25) is 0 Å². The van der Waals surface area contributed by atoms with E-state index in [0.717, 1.165) is 11.1 Å². The lowest BCUT2D eigenvalue weighted by Gasteiger charge is -2.13. The van der Waals surface area contributed by atoms with E-state index < -0.39 is 10.1 Å². The van der Waals surface area contributed by atoms with Gasteiger partial charge < -0.3 is 4.55 Å². The molecule has 0 N–H and O–H groups in total. The summed E-state index contributed by atoms with van der Waals surface area (Å²) in [5.41, 5.74) is 2.67. The quantitative estimate of drug-likeness (QED) is 0.806. The average Bonchev–Trinajstić information content (AvgIpc) is 2.36. The molecule has 2 rings (SSSR count). The summed E-state index contributed by atoms with van der Waals surface area (Å²) in [6.45, 7) is 1.88. The molecule has 0 unspecified atom stereocenters. The molecule has 2 aromatic carbocycles. The van der Waals surface area contributed by atoms with Crippen molar-refractivity contribution in [2.24, 2.45) is 0 Å². The van der Waals surface area contributed by atoms with Crippen LogP contribution in [0, 0.1) is 6.92 Å². The molecule has 0 saturated carbocycles. The van der Waals surface area contributed by atoms with E-state index in [1.54, 1.807) is 12.1 Å². The third kappa shape index (κ3) is 3.66. The Bertz CT molecular complexity index is 661. The zero-order chi connectivity index (χ0) is 13.9. The predicted molar refractivity (Wildman–Crippen MR) is 73.0 cm³/mol. The molecule has 0 spiro atoms. The highest BCUT2D eigenvalue weighted by molar-refractivity contribution is 7.85. The second kappa shape index (κ2) is 5.55. The molecule has 0 heterocycles. The summed E-state index contributed by atoms with van der Waals surface area (Å²) in [4.78, 5) is -0.103. The lowest BCUT2D eigenvalue weighted by Crippen LogP contribution is -2.05. The Kier molecular flexibility index (Phi) is 4.02. The van der Waals surface area contributed by atoms with Crippen LogP contribution in [-0.2, 0) is 23.0 Å². The Hall–Kier alpha value is -1.65. The first-order chi connectivity index (χ1) is 8.97. The lowest BCUT2D eigenvalue weighted by atomic mass is 10.0. The van der Waals surface area contributed by atoms with Crippen molar-refractivity contribution >= 4 is 10.1 Å². The fourth-order valence-electron chi connectivity index (χ4n) is 2.07. The van der Waals surface area contributed by atoms with Crippen LogP contribution in [0.5, 0.6) is 0 Å². The van der Waals surface area contributed by atoms with Gasteiger partial charge in [-0.1, -0.05) is 48.0 Å². The standard InChI is InChI=1S/C15H16O3S/c1-12-7-10-15(19(16,17)18)14(11-12)9-8-13-5-3-2-4-6-13/h2-7,10-11H,8-9H2,1H3,(H,16,17,18)/p-1. The molecule has 0 aromatic heterocycles. The van der Waals surface area contributed by atoms with E-state index in [0.29, 0.717) is 18.4 Å². The smallest absolute Gasteiger partial charge is 0.124 e. The van der Waals surface area contributed by atoms with Gasteiger partial charge >= 0.3 is 0 Å². The first-order valence-corrected chi connectivity index (χ1v) is 7.47. The maximum atomic E-state index is 11.2. The monoisotopic (exact) mass is 275 g/mol. The van der Waals surface area contributed by atoms with Crippen LogP contribution in [0.3, 0.4) is 0 Å². The third-order valence-corrected chi connectivity index (χ3v) is 3.95. The molecule has 0 aliphatic heterocycles. The molecular formula is C15H15O3S-. The van der Waals surface area contributed by atoms with Crippen LogP contribution in [0.2, 0.25) is 0 Å². The number of hydrogen-bond acceptors (Lipinski definition) is 3. The van der Waals surface area contributed by atoms with E-state index in [4.69, 9.17) is 0 Å². The lowest BCUT2D eigenvalue weighted by molar-refractivity contribution is 0.462. The molecule has 4 heteroatoms. The van der Waals surface area contributed by atoms with Crippen molar-refractivity contribution in [3.05, 3.63) is 65.2 Å². The second-order valence-corrected chi connectivity index (χ2v) is 5.90. The van der Waals surface area contributed by atoms with Gasteiger partial charge in [-0.05, 0) is 37.0 Å². The molecule has 0 fully saturated rings. The van der Waals surface area contributed by atoms with Gasteiger partial charge in [0.2, 0.25) is 0 Å². The minimum Gasteiger partial charge on any atom is -0.744 e. The Labute approximate surface area is 113 Å². The van der Waals surface area contributed by atoms with Gasteiger partial charge in [-0.15, -0.1) is 0 Å². The van der Waals surface area contributed by atoms with Crippen molar-refractivity contribution < 1.29 is 13.0 Å². The highest BCUT2D eigenvalue weighted by Crippen LogP contribution is 2.19. The Morgan fingerprint density at radius 3 is 2.32 bits per heavy atom. The summed E-state index contributed by atoms with van der Waals surface area (Å²) in [6, 6.07) is 14.6. The predicted octanol–water partition coefficient (Wildman–Crippen LogP) is 2.68. The maximum absolute atomic E-state index is 11.2. The van der Waals surface area contributed by atoms with E-state index in [1.165, 1.54) is 6.07 Å². The summed E-state index contributed by atoms with van der Waals surface area (Å²) in [5, 5.41) is 0. The molecule has 0 amide bonds. The van der Waals surface area contributed by atoms with Crippen molar-refractivity contribution in [3.63, 3.8) is 0 Å². The van der Waals surface area contributed by atoms with Gasteiger partial charge in [0, 0.05) is 0 Å². The van der Waals surface area contributed by atoms with Gasteiger partial charge in [0.1, 0.15) is 10.1 Å². The molecule has 19 heavy (non-hydrogen) atoms. The SMILES string of the molecule is Cc1ccc(S(=O)(=O)[O-])c(CCc2ccccc2)c1. The van der Waals surface area contributed by atoms with Gasteiger partial charge in [0.15, 0.2) is 0 Å². The topological polar surface area (TPSA) is 57.2 Å². The van der Waals surface area contributed by atoms with Crippen LogP contribution in [0.25, 0.3) is 0 Å². The summed E-state index contributed by atoms with van der Waals surface area (Å²) in [5.74, 6) is 0. The molecule has 3 nitrogen and oxygen atoms in total. The highest BCUT2D eigenvalue weighted by atomic mass is 32.2. The van der Waals surface area contributed by atoms with E-state index in [1.807, 2.05) is 37.3 Å². The molecule has 0 saturated heterocycles. The van der Waals surface area contributed by atoms with E-state index in [9.17, 15) is 13.0 Å².